The van der Waals surface area contributed by atoms with E-state index in [9.17, 15) is 22.7 Å². The molecular weight excluding hydrogens is 344 g/mol. The van der Waals surface area contributed by atoms with E-state index in [1.54, 1.807) is 0 Å². The average molecular weight is 374 g/mol. The summed E-state index contributed by atoms with van der Waals surface area (Å²) in [6.45, 7) is 1.93. The number of halogens is 4. The van der Waals surface area contributed by atoms with Gasteiger partial charge in [0.05, 0.1) is 12.7 Å². The fraction of sp³-hybridized carbons (Fsp3) is 1.00. The van der Waals surface area contributed by atoms with Gasteiger partial charge < -0.3 is 20.9 Å². The van der Waals surface area contributed by atoms with Crippen LogP contribution in [-0.2, 0) is 9.47 Å². The first-order valence-electron chi connectivity index (χ1n) is 8.38. The van der Waals surface area contributed by atoms with Crippen LogP contribution in [0.2, 0.25) is 0 Å². The van der Waals surface area contributed by atoms with Crippen molar-refractivity contribution in [2.24, 2.45) is 16.6 Å². The molecule has 3 atom stereocenters. The molecule has 0 saturated heterocycles. The molecule has 0 heterocycles. The fourth-order valence-electron chi connectivity index (χ4n) is 3.93. The van der Waals surface area contributed by atoms with Crippen LogP contribution in [0.15, 0.2) is 0 Å². The highest BCUT2D eigenvalue weighted by molar-refractivity contribution is 4.94. The van der Waals surface area contributed by atoms with Crippen LogP contribution in [0.5, 0.6) is 0 Å². The summed E-state index contributed by atoms with van der Waals surface area (Å²) in [7, 11) is 0. The van der Waals surface area contributed by atoms with Gasteiger partial charge in [-0.1, -0.05) is 20.8 Å². The summed E-state index contributed by atoms with van der Waals surface area (Å²) >= 11 is 0. The van der Waals surface area contributed by atoms with Crippen LogP contribution in [0.3, 0.4) is 0 Å². The lowest BCUT2D eigenvalue weighted by Gasteiger charge is -2.46. The van der Waals surface area contributed by atoms with E-state index in [1.807, 2.05) is 0 Å². The van der Waals surface area contributed by atoms with Gasteiger partial charge in [0.1, 0.15) is 6.61 Å². The van der Waals surface area contributed by atoms with Gasteiger partial charge >= 0.3 is 12.7 Å². The Morgan fingerprint density at radius 2 is 1.92 bits per heavy atom. The molecule has 1 fully saturated rings. The molecule has 1 aliphatic carbocycles. The third-order valence-electron chi connectivity index (χ3n) is 4.25. The van der Waals surface area contributed by atoms with E-state index in [2.05, 4.69) is 35.6 Å². The van der Waals surface area contributed by atoms with Gasteiger partial charge in [0, 0.05) is 19.1 Å². The minimum atomic E-state index is -4.08. The largest absolute Gasteiger partial charge is 0.389 e. The van der Waals surface area contributed by atoms with Crippen molar-refractivity contribution in [1.82, 2.24) is 5.32 Å². The SMILES string of the molecule is CC1(C)CC(N)CC(C)(CNCC(O)COCC(F)(F)OC(F)F)C1. The summed E-state index contributed by atoms with van der Waals surface area (Å²) in [6, 6.07) is 0.126. The Labute approximate surface area is 146 Å². The molecule has 0 amide bonds. The molecule has 5 nitrogen and oxygen atoms in total. The summed E-state index contributed by atoms with van der Waals surface area (Å²) in [6.07, 6.45) is -2.29. The van der Waals surface area contributed by atoms with E-state index < -0.39 is 32.0 Å². The zero-order valence-corrected chi connectivity index (χ0v) is 15.0. The second-order valence-corrected chi connectivity index (χ2v) is 8.14. The minimum Gasteiger partial charge on any atom is -0.389 e. The van der Waals surface area contributed by atoms with Crippen LogP contribution < -0.4 is 11.1 Å². The lowest BCUT2D eigenvalue weighted by Crippen LogP contribution is -2.47. The first-order valence-corrected chi connectivity index (χ1v) is 8.38. The number of nitrogens with one attached hydrogen (secondary N) is 1. The first-order chi connectivity index (χ1) is 11.3. The lowest BCUT2D eigenvalue weighted by atomic mass is 9.63. The molecule has 25 heavy (non-hydrogen) atoms. The average Bonchev–Trinajstić information content (AvgIpc) is 2.32. The van der Waals surface area contributed by atoms with E-state index in [4.69, 9.17) is 5.73 Å². The molecule has 0 aliphatic heterocycles. The highest BCUT2D eigenvalue weighted by atomic mass is 19.3. The van der Waals surface area contributed by atoms with E-state index in [-0.39, 0.29) is 23.4 Å². The number of alkyl halides is 4. The number of aliphatic hydroxyl groups is 1. The van der Waals surface area contributed by atoms with Gasteiger partial charge in [-0.15, -0.1) is 0 Å². The summed E-state index contributed by atoms with van der Waals surface area (Å²) in [4.78, 5) is 0. The van der Waals surface area contributed by atoms with Crippen LogP contribution in [0.1, 0.15) is 40.0 Å². The number of hydrogen-bond donors (Lipinski definition) is 3. The smallest absolute Gasteiger partial charge is 0.383 e. The zero-order valence-electron chi connectivity index (χ0n) is 15.0. The second-order valence-electron chi connectivity index (χ2n) is 8.14. The maximum absolute atomic E-state index is 12.8. The number of hydrogen-bond acceptors (Lipinski definition) is 5. The Kier molecular flexibility index (Phi) is 8.07. The second kappa shape index (κ2) is 8.94. The quantitative estimate of drug-likeness (QED) is 0.512. The van der Waals surface area contributed by atoms with Crippen molar-refractivity contribution < 1.29 is 32.1 Å². The normalized spacial score (nSPS) is 28.3. The highest BCUT2D eigenvalue weighted by Crippen LogP contribution is 2.45. The Morgan fingerprint density at radius 3 is 2.48 bits per heavy atom. The zero-order chi connectivity index (χ0) is 19.3. The highest BCUT2D eigenvalue weighted by Gasteiger charge is 2.39. The third kappa shape index (κ3) is 9.14. The summed E-state index contributed by atoms with van der Waals surface area (Å²) < 4.78 is 56.9. The maximum atomic E-state index is 12.8. The Balaban J connectivity index is 2.27. The van der Waals surface area contributed by atoms with Crippen molar-refractivity contribution >= 4 is 0 Å². The lowest BCUT2D eigenvalue weighted by molar-refractivity contribution is -0.334. The Bertz CT molecular complexity index is 413. The van der Waals surface area contributed by atoms with E-state index in [1.165, 1.54) is 0 Å². The fourth-order valence-corrected chi connectivity index (χ4v) is 3.93. The van der Waals surface area contributed by atoms with Crippen LogP contribution in [-0.4, -0.2) is 56.3 Å². The molecule has 4 N–H and O–H groups in total. The van der Waals surface area contributed by atoms with Crippen LogP contribution in [0.4, 0.5) is 17.6 Å². The van der Waals surface area contributed by atoms with E-state index in [0.717, 1.165) is 19.3 Å². The van der Waals surface area contributed by atoms with Gasteiger partial charge in [0.2, 0.25) is 0 Å². The minimum absolute atomic E-state index is 0.0140. The number of aliphatic hydroxyl groups excluding tert-OH is 1. The van der Waals surface area contributed by atoms with Crippen LogP contribution >= 0.6 is 0 Å². The molecule has 0 bridgehead atoms. The monoisotopic (exact) mass is 374 g/mol. The Morgan fingerprint density at radius 1 is 1.28 bits per heavy atom. The van der Waals surface area contributed by atoms with Gasteiger partial charge in [0.25, 0.3) is 0 Å². The number of ether oxygens (including phenoxy) is 2. The van der Waals surface area contributed by atoms with Crippen LogP contribution in [0, 0.1) is 10.8 Å². The standard InChI is InChI=1S/C16H30F4N2O3/c1-14(2)4-11(21)5-15(3,8-14)9-22-6-12(23)7-24-10-16(19,20)25-13(17)18/h11-13,22-23H,4-10,21H2,1-3H3. The molecule has 0 spiro atoms. The molecule has 0 aromatic rings. The molecule has 1 aliphatic rings. The van der Waals surface area contributed by atoms with Gasteiger partial charge in [-0.3, -0.25) is 4.74 Å². The van der Waals surface area contributed by atoms with E-state index >= 15 is 0 Å². The summed E-state index contributed by atoms with van der Waals surface area (Å²) in [5.74, 6) is 0. The molecule has 9 heteroatoms. The van der Waals surface area contributed by atoms with Crippen molar-refractivity contribution in [2.45, 2.75) is 64.9 Å². The molecule has 0 aromatic carbocycles. The van der Waals surface area contributed by atoms with Crippen LogP contribution in [0.25, 0.3) is 0 Å². The molecular formula is C16H30F4N2O3. The van der Waals surface area contributed by atoms with Crippen molar-refractivity contribution in [3.63, 3.8) is 0 Å². The summed E-state index contributed by atoms with van der Waals surface area (Å²) in [5, 5.41) is 12.9. The maximum Gasteiger partial charge on any atom is 0.383 e. The van der Waals surface area contributed by atoms with E-state index in [0.29, 0.717) is 6.54 Å². The Hall–Kier alpha value is -0.480. The molecule has 1 rings (SSSR count). The predicted octanol–water partition coefficient (Wildman–Crippen LogP) is 2.33. The number of nitrogens with two attached hydrogens (primary N) is 1. The third-order valence-corrected chi connectivity index (χ3v) is 4.25. The van der Waals surface area contributed by atoms with Crippen molar-refractivity contribution in [3.05, 3.63) is 0 Å². The van der Waals surface area contributed by atoms with Crippen molar-refractivity contribution in [2.75, 3.05) is 26.3 Å². The first kappa shape index (κ1) is 22.6. The summed E-state index contributed by atoms with van der Waals surface area (Å²) in [5.41, 5.74) is 6.26. The van der Waals surface area contributed by atoms with Gasteiger partial charge in [0.15, 0.2) is 0 Å². The van der Waals surface area contributed by atoms with Crippen molar-refractivity contribution in [3.8, 4) is 0 Å². The molecule has 1 saturated carbocycles. The van der Waals surface area contributed by atoms with Crippen molar-refractivity contribution in [1.29, 1.82) is 0 Å². The van der Waals surface area contributed by atoms with Gasteiger partial charge in [-0.2, -0.15) is 17.6 Å². The molecule has 0 radical (unpaired) electrons. The number of rotatable bonds is 10. The molecule has 0 aromatic heterocycles. The van der Waals surface area contributed by atoms with Gasteiger partial charge in [-0.05, 0) is 30.1 Å². The van der Waals surface area contributed by atoms with Gasteiger partial charge in [-0.25, -0.2) is 0 Å². The molecule has 150 valence electrons. The topological polar surface area (TPSA) is 76.7 Å². The molecule has 3 unspecified atom stereocenters. The predicted molar refractivity (Wildman–Crippen MR) is 85.4 cm³/mol.